The summed E-state index contributed by atoms with van der Waals surface area (Å²) < 4.78 is 5.16. The van der Waals surface area contributed by atoms with E-state index in [0.717, 1.165) is 11.3 Å². The summed E-state index contributed by atoms with van der Waals surface area (Å²) >= 11 is 0. The van der Waals surface area contributed by atoms with Gasteiger partial charge in [0, 0.05) is 18.0 Å². The van der Waals surface area contributed by atoms with Gasteiger partial charge < -0.3 is 4.74 Å². The van der Waals surface area contributed by atoms with E-state index in [9.17, 15) is 0 Å². The van der Waals surface area contributed by atoms with E-state index in [1.165, 1.54) is 0 Å². The maximum absolute atomic E-state index is 5.16. The standard InChI is InChI=1S/C11H13NO/c1-3-8-12-9-10-6-4-5-7-11(10)13-2/h3-9H,1-2H3/b8-3+,12-9?. The Labute approximate surface area is 78.6 Å². The third-order valence-corrected chi connectivity index (χ3v) is 1.59. The van der Waals surface area contributed by atoms with E-state index in [1.54, 1.807) is 19.5 Å². The van der Waals surface area contributed by atoms with Gasteiger partial charge in [-0.15, -0.1) is 0 Å². The number of hydrogen-bond acceptors (Lipinski definition) is 2. The van der Waals surface area contributed by atoms with Gasteiger partial charge in [-0.2, -0.15) is 0 Å². The molecule has 0 aliphatic carbocycles. The first-order chi connectivity index (χ1) is 6.38. The zero-order valence-electron chi connectivity index (χ0n) is 7.90. The Bertz CT molecular complexity index is 316. The van der Waals surface area contributed by atoms with E-state index in [-0.39, 0.29) is 0 Å². The lowest BCUT2D eigenvalue weighted by atomic mass is 10.2. The van der Waals surface area contributed by atoms with Crippen LogP contribution in [0.1, 0.15) is 12.5 Å². The quantitative estimate of drug-likeness (QED) is 0.647. The molecule has 0 aliphatic rings. The maximum atomic E-state index is 5.16. The zero-order valence-corrected chi connectivity index (χ0v) is 7.90. The van der Waals surface area contributed by atoms with Gasteiger partial charge in [0.1, 0.15) is 5.75 Å². The summed E-state index contributed by atoms with van der Waals surface area (Å²) in [5, 5.41) is 0. The van der Waals surface area contributed by atoms with E-state index in [4.69, 9.17) is 4.74 Å². The lowest BCUT2D eigenvalue weighted by molar-refractivity contribution is 0.414. The maximum Gasteiger partial charge on any atom is 0.127 e. The first-order valence-corrected chi connectivity index (χ1v) is 4.16. The third-order valence-electron chi connectivity index (χ3n) is 1.59. The molecule has 1 aromatic carbocycles. The minimum Gasteiger partial charge on any atom is -0.496 e. The monoisotopic (exact) mass is 175 g/mol. The average molecular weight is 175 g/mol. The van der Waals surface area contributed by atoms with Crippen molar-refractivity contribution in [3.63, 3.8) is 0 Å². The summed E-state index contributed by atoms with van der Waals surface area (Å²) in [7, 11) is 1.66. The highest BCUT2D eigenvalue weighted by atomic mass is 16.5. The number of methoxy groups -OCH3 is 1. The van der Waals surface area contributed by atoms with Crippen LogP contribution in [0.5, 0.6) is 5.75 Å². The van der Waals surface area contributed by atoms with Crippen molar-refractivity contribution >= 4 is 6.21 Å². The molecule has 0 radical (unpaired) electrons. The first kappa shape index (κ1) is 9.52. The first-order valence-electron chi connectivity index (χ1n) is 4.16. The van der Waals surface area contributed by atoms with Crippen molar-refractivity contribution in [1.82, 2.24) is 0 Å². The molecule has 0 unspecified atom stereocenters. The van der Waals surface area contributed by atoms with Crippen LogP contribution < -0.4 is 4.74 Å². The summed E-state index contributed by atoms with van der Waals surface area (Å²) in [5.74, 6) is 0.843. The van der Waals surface area contributed by atoms with E-state index in [1.807, 2.05) is 37.3 Å². The lowest BCUT2D eigenvalue weighted by Crippen LogP contribution is -1.89. The number of benzene rings is 1. The van der Waals surface area contributed by atoms with Gasteiger partial charge >= 0.3 is 0 Å². The number of aliphatic imine (C=N–C) groups is 1. The van der Waals surface area contributed by atoms with Crippen molar-refractivity contribution in [1.29, 1.82) is 0 Å². The minimum absolute atomic E-state index is 0.843. The molecule has 0 spiro atoms. The number of rotatable bonds is 3. The van der Waals surface area contributed by atoms with Crippen molar-refractivity contribution in [2.45, 2.75) is 6.92 Å². The van der Waals surface area contributed by atoms with Crippen LogP contribution >= 0.6 is 0 Å². The van der Waals surface area contributed by atoms with Crippen molar-refractivity contribution in [2.75, 3.05) is 7.11 Å². The molecule has 0 saturated carbocycles. The molecule has 68 valence electrons. The zero-order chi connectivity index (χ0) is 9.52. The topological polar surface area (TPSA) is 21.6 Å². The van der Waals surface area contributed by atoms with Crippen molar-refractivity contribution in [3.05, 3.63) is 42.1 Å². The molecule has 2 nitrogen and oxygen atoms in total. The summed E-state index contributed by atoms with van der Waals surface area (Å²) in [4.78, 5) is 4.08. The number of allylic oxidation sites excluding steroid dienone is 1. The fourth-order valence-corrected chi connectivity index (χ4v) is 0.982. The van der Waals surface area contributed by atoms with Gasteiger partial charge in [-0.25, -0.2) is 0 Å². The number of hydrogen-bond donors (Lipinski definition) is 0. The van der Waals surface area contributed by atoms with Crippen LogP contribution in [0.25, 0.3) is 0 Å². The molecule has 0 amide bonds. The van der Waals surface area contributed by atoms with Crippen LogP contribution in [0.15, 0.2) is 41.5 Å². The molecule has 13 heavy (non-hydrogen) atoms. The molecule has 1 rings (SSSR count). The van der Waals surface area contributed by atoms with E-state index >= 15 is 0 Å². The van der Waals surface area contributed by atoms with Gasteiger partial charge in [-0.3, -0.25) is 4.99 Å². The predicted molar refractivity (Wildman–Crippen MR) is 55.4 cm³/mol. The molecule has 0 aliphatic heterocycles. The fraction of sp³-hybridized carbons (Fsp3) is 0.182. The van der Waals surface area contributed by atoms with Crippen molar-refractivity contribution < 1.29 is 4.74 Å². The van der Waals surface area contributed by atoms with Gasteiger partial charge in [-0.1, -0.05) is 18.2 Å². The Kier molecular flexibility index (Phi) is 3.76. The fourth-order valence-electron chi connectivity index (χ4n) is 0.982. The number of ether oxygens (including phenoxy) is 1. The van der Waals surface area contributed by atoms with Crippen LogP contribution in [-0.4, -0.2) is 13.3 Å². The van der Waals surface area contributed by atoms with Crippen LogP contribution in [0.2, 0.25) is 0 Å². The SMILES string of the molecule is C/C=C/N=Cc1ccccc1OC. The summed E-state index contributed by atoms with van der Waals surface area (Å²) in [6.45, 7) is 1.93. The predicted octanol–water partition coefficient (Wildman–Crippen LogP) is 2.65. The highest BCUT2D eigenvalue weighted by Crippen LogP contribution is 2.14. The van der Waals surface area contributed by atoms with Crippen LogP contribution in [0, 0.1) is 0 Å². The molecule has 2 heteroatoms. The molecule has 1 aromatic rings. The van der Waals surface area contributed by atoms with Gasteiger partial charge in [0.05, 0.1) is 7.11 Å². The van der Waals surface area contributed by atoms with Gasteiger partial charge in [0.2, 0.25) is 0 Å². The van der Waals surface area contributed by atoms with Gasteiger partial charge in [0.15, 0.2) is 0 Å². The van der Waals surface area contributed by atoms with E-state index in [0.29, 0.717) is 0 Å². The van der Waals surface area contributed by atoms with E-state index < -0.39 is 0 Å². The second kappa shape index (κ2) is 5.14. The molecule has 0 saturated heterocycles. The molecular weight excluding hydrogens is 162 g/mol. The van der Waals surface area contributed by atoms with E-state index in [2.05, 4.69) is 4.99 Å². The van der Waals surface area contributed by atoms with Gasteiger partial charge in [-0.05, 0) is 19.1 Å². The smallest absolute Gasteiger partial charge is 0.127 e. The average Bonchev–Trinajstić information content (AvgIpc) is 2.19. The number of nitrogens with zero attached hydrogens (tertiary/aromatic N) is 1. The van der Waals surface area contributed by atoms with Crippen molar-refractivity contribution in [2.24, 2.45) is 4.99 Å². The second-order valence-corrected chi connectivity index (χ2v) is 2.50. The molecule has 0 atom stereocenters. The lowest BCUT2D eigenvalue weighted by Gasteiger charge is -2.01. The van der Waals surface area contributed by atoms with Crippen LogP contribution in [-0.2, 0) is 0 Å². The van der Waals surface area contributed by atoms with Crippen LogP contribution in [0.4, 0.5) is 0 Å². The molecule has 0 heterocycles. The molecular formula is C11H13NO. The third kappa shape index (κ3) is 2.75. The summed E-state index contributed by atoms with van der Waals surface area (Å²) in [6.07, 6.45) is 5.40. The van der Waals surface area contributed by atoms with Gasteiger partial charge in [0.25, 0.3) is 0 Å². The highest BCUT2D eigenvalue weighted by Gasteiger charge is 1.95. The normalized spacial score (nSPS) is 11.2. The largest absolute Gasteiger partial charge is 0.496 e. The number of para-hydroxylation sites is 1. The molecule has 0 fully saturated rings. The molecule has 0 bridgehead atoms. The molecule has 0 aromatic heterocycles. The summed E-state index contributed by atoms with van der Waals surface area (Å²) in [5.41, 5.74) is 0.989. The Hall–Kier alpha value is -1.57. The van der Waals surface area contributed by atoms with Crippen molar-refractivity contribution in [3.8, 4) is 5.75 Å². The minimum atomic E-state index is 0.843. The summed E-state index contributed by atoms with van der Waals surface area (Å²) in [6, 6.07) is 7.77. The Morgan fingerprint density at radius 1 is 1.31 bits per heavy atom. The second-order valence-electron chi connectivity index (χ2n) is 2.50. The Morgan fingerprint density at radius 3 is 2.77 bits per heavy atom. The van der Waals surface area contributed by atoms with Crippen LogP contribution in [0.3, 0.4) is 0 Å². The Balaban J connectivity index is 2.86. The Morgan fingerprint density at radius 2 is 2.08 bits per heavy atom. The highest BCUT2D eigenvalue weighted by molar-refractivity contribution is 5.83. The molecule has 0 N–H and O–H groups in total.